The topological polar surface area (TPSA) is 53.1 Å². The summed E-state index contributed by atoms with van der Waals surface area (Å²) in [6.45, 7) is 4.96. The van der Waals surface area contributed by atoms with Gasteiger partial charge in [0.15, 0.2) is 0 Å². The summed E-state index contributed by atoms with van der Waals surface area (Å²) < 4.78 is 0. The third-order valence-electron chi connectivity index (χ3n) is 3.10. The fourth-order valence-electron chi connectivity index (χ4n) is 2.10. The minimum Gasteiger partial charge on any atom is -0.376 e. The van der Waals surface area contributed by atoms with Crippen molar-refractivity contribution in [2.24, 2.45) is 0 Å². The van der Waals surface area contributed by atoms with E-state index >= 15 is 0 Å². The number of aromatic nitrogens is 2. The van der Waals surface area contributed by atoms with E-state index in [4.69, 9.17) is 0 Å². The zero-order valence-electron chi connectivity index (χ0n) is 13.1. The van der Waals surface area contributed by atoms with Crippen LogP contribution in [0.1, 0.15) is 19.7 Å². The average molecular weight is 285 g/mol. The molecule has 0 atom stereocenters. The zero-order valence-corrected chi connectivity index (χ0v) is 13.1. The van der Waals surface area contributed by atoms with E-state index in [1.165, 1.54) is 0 Å². The van der Waals surface area contributed by atoms with Crippen molar-refractivity contribution in [1.29, 1.82) is 0 Å². The van der Waals surface area contributed by atoms with Crippen LogP contribution in [0.25, 0.3) is 0 Å². The van der Waals surface area contributed by atoms with Crippen LogP contribution in [0.15, 0.2) is 30.3 Å². The number of rotatable bonds is 6. The van der Waals surface area contributed by atoms with Crippen molar-refractivity contribution in [3.05, 3.63) is 36.2 Å². The first-order valence-corrected chi connectivity index (χ1v) is 7.29. The quantitative estimate of drug-likeness (QED) is 0.853. The minimum absolute atomic E-state index is 0.809. The summed E-state index contributed by atoms with van der Waals surface area (Å²) in [7, 11) is 4.06. The second kappa shape index (κ2) is 6.92. The van der Waals surface area contributed by atoms with Crippen LogP contribution in [0.3, 0.4) is 0 Å². The summed E-state index contributed by atoms with van der Waals surface area (Å²) in [6, 6.07) is 10.1. The van der Waals surface area contributed by atoms with Crippen LogP contribution in [0.4, 0.5) is 23.0 Å². The molecule has 21 heavy (non-hydrogen) atoms. The van der Waals surface area contributed by atoms with Gasteiger partial charge in [0.05, 0.1) is 11.4 Å². The molecule has 0 aliphatic carbocycles. The molecule has 0 saturated heterocycles. The van der Waals surface area contributed by atoms with Gasteiger partial charge in [-0.1, -0.05) is 19.1 Å². The number of aryl methyl sites for hydroxylation is 1. The van der Waals surface area contributed by atoms with Crippen LogP contribution in [-0.2, 0) is 6.42 Å². The molecule has 0 radical (unpaired) electrons. The van der Waals surface area contributed by atoms with E-state index in [1.807, 2.05) is 32.3 Å². The molecule has 1 heterocycles. The zero-order chi connectivity index (χ0) is 15.2. The maximum Gasteiger partial charge on any atom is 0.136 e. The maximum atomic E-state index is 4.55. The molecule has 2 aromatic rings. The summed E-state index contributed by atoms with van der Waals surface area (Å²) in [6.07, 6.45) is 0.809. The molecule has 0 saturated carbocycles. The van der Waals surface area contributed by atoms with E-state index in [0.29, 0.717) is 0 Å². The molecule has 0 aliphatic heterocycles. The Labute approximate surface area is 126 Å². The lowest BCUT2D eigenvalue weighted by molar-refractivity contribution is 0.939. The van der Waals surface area contributed by atoms with Crippen molar-refractivity contribution >= 4 is 23.0 Å². The van der Waals surface area contributed by atoms with E-state index in [2.05, 4.69) is 51.5 Å². The van der Waals surface area contributed by atoms with Gasteiger partial charge in [-0.15, -0.1) is 0 Å². The highest BCUT2D eigenvalue weighted by atomic mass is 15.1. The Hall–Kier alpha value is -2.30. The van der Waals surface area contributed by atoms with Gasteiger partial charge in [0.1, 0.15) is 17.5 Å². The third kappa shape index (κ3) is 3.84. The molecule has 0 unspecified atom stereocenters. The predicted molar refractivity (Wildman–Crippen MR) is 89.6 cm³/mol. The van der Waals surface area contributed by atoms with Crippen LogP contribution in [0.5, 0.6) is 0 Å². The molecule has 1 aromatic carbocycles. The first kappa shape index (κ1) is 15.1. The van der Waals surface area contributed by atoms with Gasteiger partial charge in [-0.05, 0) is 19.1 Å². The molecule has 2 rings (SSSR count). The van der Waals surface area contributed by atoms with E-state index < -0.39 is 0 Å². The summed E-state index contributed by atoms with van der Waals surface area (Å²) in [5.74, 6) is 2.50. The molecule has 1 aromatic heterocycles. The number of nitrogens with zero attached hydrogens (tertiary/aromatic N) is 3. The molecule has 112 valence electrons. The van der Waals surface area contributed by atoms with Crippen molar-refractivity contribution in [2.75, 3.05) is 36.2 Å². The number of para-hydroxylation sites is 2. The van der Waals surface area contributed by atoms with Crippen molar-refractivity contribution < 1.29 is 0 Å². The molecule has 5 heteroatoms. The van der Waals surface area contributed by atoms with E-state index in [-0.39, 0.29) is 0 Å². The van der Waals surface area contributed by atoms with Crippen molar-refractivity contribution in [1.82, 2.24) is 9.97 Å². The Bertz CT molecular complexity index is 595. The van der Waals surface area contributed by atoms with Gasteiger partial charge in [0.25, 0.3) is 0 Å². The fraction of sp³-hybridized carbons (Fsp3) is 0.375. The first-order chi connectivity index (χ1) is 10.1. The second-order valence-electron chi connectivity index (χ2n) is 4.98. The second-order valence-corrected chi connectivity index (χ2v) is 4.98. The summed E-state index contributed by atoms with van der Waals surface area (Å²) in [5.41, 5.74) is 2.16. The Morgan fingerprint density at radius 3 is 2.43 bits per heavy atom. The van der Waals surface area contributed by atoms with E-state index in [0.717, 1.165) is 41.8 Å². The lowest BCUT2D eigenvalue weighted by Gasteiger charge is -2.18. The summed E-state index contributed by atoms with van der Waals surface area (Å²) in [4.78, 5) is 11.1. The van der Waals surface area contributed by atoms with Crippen LogP contribution in [-0.4, -0.2) is 30.6 Å². The number of anilines is 4. The van der Waals surface area contributed by atoms with Crippen LogP contribution >= 0.6 is 0 Å². The van der Waals surface area contributed by atoms with E-state index in [1.54, 1.807) is 0 Å². The SMILES string of the molecule is CCNc1cc(Nc2ccccc2N(C)C)nc(CC)n1. The van der Waals surface area contributed by atoms with Gasteiger partial charge in [-0.3, -0.25) is 0 Å². The highest BCUT2D eigenvalue weighted by molar-refractivity contribution is 5.74. The summed E-state index contributed by atoms with van der Waals surface area (Å²) >= 11 is 0. The predicted octanol–water partition coefficient (Wildman–Crippen LogP) is 3.28. The van der Waals surface area contributed by atoms with Gasteiger partial charge < -0.3 is 15.5 Å². The number of hydrogen-bond acceptors (Lipinski definition) is 5. The first-order valence-electron chi connectivity index (χ1n) is 7.29. The fourth-order valence-corrected chi connectivity index (χ4v) is 2.10. The molecule has 5 nitrogen and oxygen atoms in total. The standard InChI is InChI=1S/C16H23N5/c1-5-14-19-15(17-6-2)11-16(20-14)18-12-9-7-8-10-13(12)21(3)4/h7-11H,5-6H2,1-4H3,(H2,17,18,19,20). The van der Waals surface area contributed by atoms with Crippen LogP contribution in [0.2, 0.25) is 0 Å². The van der Waals surface area contributed by atoms with E-state index in [9.17, 15) is 0 Å². The molecule has 0 fully saturated rings. The molecule has 0 amide bonds. The molecule has 0 spiro atoms. The normalized spacial score (nSPS) is 10.3. The molecule has 0 bridgehead atoms. The lowest BCUT2D eigenvalue weighted by Crippen LogP contribution is -2.11. The Morgan fingerprint density at radius 2 is 1.76 bits per heavy atom. The van der Waals surface area contributed by atoms with Gasteiger partial charge in [0, 0.05) is 33.1 Å². The third-order valence-corrected chi connectivity index (χ3v) is 3.10. The van der Waals surface area contributed by atoms with Crippen molar-refractivity contribution in [2.45, 2.75) is 20.3 Å². The molecular weight excluding hydrogens is 262 g/mol. The van der Waals surface area contributed by atoms with Crippen LogP contribution in [0, 0.1) is 0 Å². The smallest absolute Gasteiger partial charge is 0.136 e. The molecular formula is C16H23N5. The van der Waals surface area contributed by atoms with Crippen molar-refractivity contribution in [3.8, 4) is 0 Å². The Balaban J connectivity index is 2.32. The van der Waals surface area contributed by atoms with Gasteiger partial charge in [-0.25, -0.2) is 9.97 Å². The minimum atomic E-state index is 0.809. The maximum absolute atomic E-state index is 4.55. The number of hydrogen-bond donors (Lipinski definition) is 2. The monoisotopic (exact) mass is 285 g/mol. The largest absolute Gasteiger partial charge is 0.376 e. The highest BCUT2D eigenvalue weighted by Crippen LogP contribution is 2.27. The van der Waals surface area contributed by atoms with Gasteiger partial charge in [-0.2, -0.15) is 0 Å². The average Bonchev–Trinajstić information content (AvgIpc) is 2.47. The summed E-state index contributed by atoms with van der Waals surface area (Å²) in [5, 5.41) is 6.64. The highest BCUT2D eigenvalue weighted by Gasteiger charge is 2.07. The molecule has 0 aliphatic rings. The lowest BCUT2D eigenvalue weighted by atomic mass is 10.2. The van der Waals surface area contributed by atoms with Gasteiger partial charge >= 0.3 is 0 Å². The Kier molecular flexibility index (Phi) is 4.98. The number of nitrogens with one attached hydrogen (secondary N) is 2. The van der Waals surface area contributed by atoms with Crippen molar-refractivity contribution in [3.63, 3.8) is 0 Å². The Morgan fingerprint density at radius 1 is 1.05 bits per heavy atom. The number of benzene rings is 1. The van der Waals surface area contributed by atoms with Crippen LogP contribution < -0.4 is 15.5 Å². The van der Waals surface area contributed by atoms with Gasteiger partial charge in [0.2, 0.25) is 0 Å². The molecule has 2 N–H and O–H groups in total.